The summed E-state index contributed by atoms with van der Waals surface area (Å²) < 4.78 is 0. The van der Waals surface area contributed by atoms with Gasteiger partial charge in [0.1, 0.15) is 10.8 Å². The zero-order chi connectivity index (χ0) is 11.5. The maximum absolute atomic E-state index is 11.0. The molecule has 1 aromatic heterocycles. The molecule has 0 N–H and O–H groups in total. The molecule has 0 spiro atoms. The Morgan fingerprint density at radius 1 is 1.06 bits per heavy atom. The van der Waals surface area contributed by atoms with Gasteiger partial charge in [0, 0.05) is 0 Å². The molecule has 0 atom stereocenters. The molecular weight excluding hydrogens is 245 g/mol. The highest BCUT2D eigenvalue weighted by Crippen LogP contribution is 2.23. The number of carbonyl (C=O) groups excluding carboxylic acids is 1. The fourth-order valence-electron chi connectivity index (χ4n) is 1.39. The molecule has 0 aliphatic heterocycles. The predicted octanol–water partition coefficient (Wildman–Crippen LogP) is 3.78. The van der Waals surface area contributed by atoms with Gasteiger partial charge in [0.25, 0.3) is 5.24 Å². The van der Waals surface area contributed by atoms with Crippen molar-refractivity contribution in [2.45, 2.75) is 0 Å². The van der Waals surface area contributed by atoms with Crippen LogP contribution in [0.3, 0.4) is 0 Å². The van der Waals surface area contributed by atoms with Crippen molar-refractivity contribution in [2.24, 2.45) is 0 Å². The predicted molar refractivity (Wildman–Crippen MR) is 64.9 cm³/mol. The summed E-state index contributed by atoms with van der Waals surface area (Å²) in [5.74, 6) is 0. The zero-order valence-corrected chi connectivity index (χ0v) is 9.66. The van der Waals surface area contributed by atoms with Crippen molar-refractivity contribution < 1.29 is 4.79 Å². The first-order chi connectivity index (χ1) is 7.66. The summed E-state index contributed by atoms with van der Waals surface area (Å²) >= 11 is 11.2. The summed E-state index contributed by atoms with van der Waals surface area (Å²) in [6.07, 6.45) is 0. The average Bonchev–Trinajstić information content (AvgIpc) is 2.29. The minimum absolute atomic E-state index is 0.160. The Hall–Kier alpha value is -1.38. The number of hydrogen-bond donors (Lipinski definition) is 0. The molecule has 80 valence electrons. The lowest BCUT2D eigenvalue weighted by Gasteiger charge is -2.03. The van der Waals surface area contributed by atoms with Gasteiger partial charge in [-0.05, 0) is 34.9 Å². The number of halogens is 2. The molecular formula is C12H7Cl2NO. The van der Waals surface area contributed by atoms with Crippen LogP contribution in [0.15, 0.2) is 42.5 Å². The number of rotatable bonds is 2. The van der Waals surface area contributed by atoms with Gasteiger partial charge in [0.15, 0.2) is 0 Å². The summed E-state index contributed by atoms with van der Waals surface area (Å²) in [5, 5.41) is -0.356. The standard InChI is InChI=1S/C12H7Cl2NO/c13-11-7-9(6-10(15-11)12(14)16)8-4-2-1-3-5-8/h1-7H. The van der Waals surface area contributed by atoms with Crippen LogP contribution in [0.1, 0.15) is 10.5 Å². The van der Waals surface area contributed by atoms with Crippen LogP contribution in [0.2, 0.25) is 5.15 Å². The molecule has 0 saturated heterocycles. The molecule has 1 aromatic carbocycles. The van der Waals surface area contributed by atoms with E-state index >= 15 is 0 Å². The SMILES string of the molecule is O=C(Cl)c1cc(-c2ccccc2)cc(Cl)n1. The lowest BCUT2D eigenvalue weighted by atomic mass is 10.1. The molecule has 0 aliphatic rings. The van der Waals surface area contributed by atoms with Crippen LogP contribution in [0, 0.1) is 0 Å². The largest absolute Gasteiger partial charge is 0.274 e. The summed E-state index contributed by atoms with van der Waals surface area (Å²) in [6.45, 7) is 0. The first kappa shape index (κ1) is 11.1. The second kappa shape index (κ2) is 4.64. The average molecular weight is 252 g/mol. The summed E-state index contributed by atoms with van der Waals surface area (Å²) in [4.78, 5) is 14.9. The third kappa shape index (κ3) is 2.40. The van der Waals surface area contributed by atoms with E-state index < -0.39 is 5.24 Å². The van der Waals surface area contributed by atoms with Crippen LogP contribution >= 0.6 is 23.2 Å². The van der Waals surface area contributed by atoms with E-state index in [1.54, 1.807) is 12.1 Å². The molecule has 0 saturated carbocycles. The molecule has 0 bridgehead atoms. The van der Waals surface area contributed by atoms with Crippen LogP contribution in [-0.2, 0) is 0 Å². The van der Waals surface area contributed by atoms with Gasteiger partial charge in [-0.3, -0.25) is 4.79 Å². The van der Waals surface area contributed by atoms with Gasteiger partial charge in [0.2, 0.25) is 0 Å². The third-order valence-corrected chi connectivity index (χ3v) is 2.49. The highest BCUT2D eigenvalue weighted by atomic mass is 35.5. The minimum Gasteiger partial charge on any atom is -0.274 e. The maximum Gasteiger partial charge on any atom is 0.270 e. The van der Waals surface area contributed by atoms with Gasteiger partial charge in [-0.15, -0.1) is 0 Å². The Balaban J connectivity index is 2.54. The molecule has 1 heterocycles. The van der Waals surface area contributed by atoms with Crippen LogP contribution < -0.4 is 0 Å². The maximum atomic E-state index is 11.0. The lowest BCUT2D eigenvalue weighted by Crippen LogP contribution is -1.95. The Morgan fingerprint density at radius 2 is 1.75 bits per heavy atom. The van der Waals surface area contributed by atoms with Crippen molar-refractivity contribution >= 4 is 28.4 Å². The smallest absolute Gasteiger partial charge is 0.270 e. The molecule has 2 nitrogen and oxygen atoms in total. The summed E-state index contributed by atoms with van der Waals surface area (Å²) in [6, 6.07) is 12.9. The third-order valence-electron chi connectivity index (χ3n) is 2.10. The monoisotopic (exact) mass is 251 g/mol. The summed E-state index contributed by atoms with van der Waals surface area (Å²) in [5.41, 5.74) is 1.95. The Kier molecular flexibility index (Phi) is 3.22. The highest BCUT2D eigenvalue weighted by molar-refractivity contribution is 6.67. The van der Waals surface area contributed by atoms with Gasteiger partial charge in [-0.1, -0.05) is 41.9 Å². The number of nitrogens with zero attached hydrogens (tertiary/aromatic N) is 1. The van der Waals surface area contributed by atoms with Crippen molar-refractivity contribution in [3.8, 4) is 11.1 Å². The van der Waals surface area contributed by atoms with Crippen LogP contribution in [0.4, 0.5) is 0 Å². The fourth-order valence-corrected chi connectivity index (χ4v) is 1.70. The second-order valence-electron chi connectivity index (χ2n) is 3.20. The van der Waals surface area contributed by atoms with Gasteiger partial charge >= 0.3 is 0 Å². The van der Waals surface area contributed by atoms with E-state index in [0.717, 1.165) is 11.1 Å². The van der Waals surface area contributed by atoms with Gasteiger partial charge < -0.3 is 0 Å². The molecule has 0 amide bonds. The quantitative estimate of drug-likeness (QED) is 0.601. The minimum atomic E-state index is -0.611. The van der Waals surface area contributed by atoms with Gasteiger partial charge in [-0.25, -0.2) is 4.98 Å². The van der Waals surface area contributed by atoms with E-state index in [-0.39, 0.29) is 10.8 Å². The Morgan fingerprint density at radius 3 is 2.38 bits per heavy atom. The first-order valence-electron chi connectivity index (χ1n) is 4.59. The number of aromatic nitrogens is 1. The van der Waals surface area contributed by atoms with Gasteiger partial charge in [0.05, 0.1) is 0 Å². The highest BCUT2D eigenvalue weighted by Gasteiger charge is 2.08. The number of hydrogen-bond acceptors (Lipinski definition) is 2. The lowest BCUT2D eigenvalue weighted by molar-refractivity contribution is 0.107. The van der Waals surface area contributed by atoms with E-state index in [4.69, 9.17) is 23.2 Å². The molecule has 0 aliphatic carbocycles. The number of pyridine rings is 1. The summed E-state index contributed by atoms with van der Waals surface area (Å²) in [7, 11) is 0. The van der Waals surface area contributed by atoms with Crippen LogP contribution in [0.25, 0.3) is 11.1 Å². The molecule has 4 heteroatoms. The zero-order valence-electron chi connectivity index (χ0n) is 8.15. The molecule has 0 radical (unpaired) electrons. The topological polar surface area (TPSA) is 30.0 Å². The van der Waals surface area contributed by atoms with Crippen molar-refractivity contribution in [3.05, 3.63) is 53.3 Å². The fraction of sp³-hybridized carbons (Fsp3) is 0. The van der Waals surface area contributed by atoms with Crippen molar-refractivity contribution in [2.75, 3.05) is 0 Å². The van der Waals surface area contributed by atoms with E-state index in [1.165, 1.54) is 0 Å². The van der Waals surface area contributed by atoms with Crippen LogP contribution in [0.5, 0.6) is 0 Å². The van der Waals surface area contributed by atoms with E-state index in [2.05, 4.69) is 4.98 Å². The Bertz CT molecular complexity index is 526. The molecule has 16 heavy (non-hydrogen) atoms. The van der Waals surface area contributed by atoms with Crippen molar-refractivity contribution in [1.29, 1.82) is 0 Å². The van der Waals surface area contributed by atoms with Gasteiger partial charge in [-0.2, -0.15) is 0 Å². The van der Waals surface area contributed by atoms with E-state index in [0.29, 0.717) is 0 Å². The second-order valence-corrected chi connectivity index (χ2v) is 3.93. The molecule has 0 fully saturated rings. The van der Waals surface area contributed by atoms with E-state index in [1.807, 2.05) is 30.3 Å². The Labute approximate surface area is 103 Å². The number of benzene rings is 1. The molecule has 0 unspecified atom stereocenters. The van der Waals surface area contributed by atoms with E-state index in [9.17, 15) is 4.79 Å². The number of carbonyl (C=O) groups is 1. The first-order valence-corrected chi connectivity index (χ1v) is 5.35. The normalized spacial score (nSPS) is 10.1. The molecule has 2 rings (SSSR count). The van der Waals surface area contributed by atoms with Crippen LogP contribution in [-0.4, -0.2) is 10.2 Å². The molecule has 2 aromatic rings. The van der Waals surface area contributed by atoms with Crippen molar-refractivity contribution in [3.63, 3.8) is 0 Å². The van der Waals surface area contributed by atoms with Crippen molar-refractivity contribution in [1.82, 2.24) is 4.98 Å².